The van der Waals surface area contributed by atoms with Gasteiger partial charge >= 0.3 is 6.09 Å². The molecule has 1 aromatic carbocycles. The third-order valence-corrected chi connectivity index (χ3v) is 6.13. The first-order valence-corrected chi connectivity index (χ1v) is 8.52. The number of sulfonamides is 1. The highest BCUT2D eigenvalue weighted by Crippen LogP contribution is 2.24. The van der Waals surface area contributed by atoms with Gasteiger partial charge in [0.2, 0.25) is 10.0 Å². The van der Waals surface area contributed by atoms with Crippen LogP contribution in [0.1, 0.15) is 12.0 Å². The molecule has 2 aliphatic rings. The van der Waals surface area contributed by atoms with Crippen molar-refractivity contribution in [2.24, 2.45) is 0 Å². The molecule has 0 spiro atoms. The average Bonchev–Trinajstić information content (AvgIpc) is 2.32. The number of nitrogens with zero attached hydrogens (tertiary/aromatic N) is 2. The molecule has 1 amide bonds. The van der Waals surface area contributed by atoms with Gasteiger partial charge in [0.1, 0.15) is 11.9 Å². The Labute approximate surface area is 124 Å². The monoisotopic (exact) mass is 310 g/mol. The first kappa shape index (κ1) is 14.3. The number of ether oxygens (including phenoxy) is 1. The quantitative estimate of drug-likeness (QED) is 0.833. The Kier molecular flexibility index (Phi) is 3.86. The second-order valence-corrected chi connectivity index (χ2v) is 7.58. The van der Waals surface area contributed by atoms with Gasteiger partial charge in [-0.05, 0) is 12.0 Å². The SMILES string of the molecule is O=C(OCc1ccccc1)N1CC(S(=O)(=O)N2CCC2)C1. The molecule has 21 heavy (non-hydrogen) atoms. The van der Waals surface area contributed by atoms with E-state index in [-0.39, 0.29) is 19.7 Å². The van der Waals surface area contributed by atoms with E-state index in [1.54, 1.807) is 0 Å². The van der Waals surface area contributed by atoms with Crippen molar-refractivity contribution in [2.75, 3.05) is 26.2 Å². The molecule has 1 aromatic rings. The Morgan fingerprint density at radius 3 is 2.43 bits per heavy atom. The van der Waals surface area contributed by atoms with Crippen LogP contribution >= 0.6 is 0 Å². The van der Waals surface area contributed by atoms with Gasteiger partial charge in [0.05, 0.1) is 0 Å². The first-order chi connectivity index (χ1) is 10.1. The number of hydrogen-bond donors (Lipinski definition) is 0. The molecule has 114 valence electrons. The Bertz CT molecular complexity index is 607. The fraction of sp³-hybridized carbons (Fsp3) is 0.500. The minimum Gasteiger partial charge on any atom is -0.445 e. The summed E-state index contributed by atoms with van der Waals surface area (Å²) in [6.07, 6.45) is 0.475. The van der Waals surface area contributed by atoms with Crippen LogP contribution in [0.3, 0.4) is 0 Å². The highest BCUT2D eigenvalue weighted by atomic mass is 32.2. The summed E-state index contributed by atoms with van der Waals surface area (Å²) in [5.41, 5.74) is 0.913. The van der Waals surface area contributed by atoms with Gasteiger partial charge in [-0.3, -0.25) is 0 Å². The number of likely N-dealkylation sites (tertiary alicyclic amines) is 1. The Morgan fingerprint density at radius 1 is 1.19 bits per heavy atom. The van der Waals surface area contributed by atoms with Crippen LogP contribution in [0.5, 0.6) is 0 Å². The van der Waals surface area contributed by atoms with Crippen LogP contribution in [0.4, 0.5) is 4.79 Å². The van der Waals surface area contributed by atoms with Gasteiger partial charge in [-0.1, -0.05) is 30.3 Å². The van der Waals surface area contributed by atoms with Crippen LogP contribution in [0.15, 0.2) is 30.3 Å². The van der Waals surface area contributed by atoms with Crippen molar-refractivity contribution in [3.8, 4) is 0 Å². The van der Waals surface area contributed by atoms with Crippen molar-refractivity contribution in [1.29, 1.82) is 0 Å². The van der Waals surface area contributed by atoms with Gasteiger partial charge in [-0.2, -0.15) is 0 Å². The zero-order valence-corrected chi connectivity index (χ0v) is 12.5. The van der Waals surface area contributed by atoms with Crippen LogP contribution in [-0.2, 0) is 21.4 Å². The lowest BCUT2D eigenvalue weighted by molar-refractivity contribution is 0.0756. The lowest BCUT2D eigenvalue weighted by Gasteiger charge is -2.42. The first-order valence-electron chi connectivity index (χ1n) is 7.02. The molecule has 0 bridgehead atoms. The summed E-state index contributed by atoms with van der Waals surface area (Å²) in [6, 6.07) is 9.40. The lowest BCUT2D eigenvalue weighted by Crippen LogP contribution is -2.61. The van der Waals surface area contributed by atoms with E-state index in [4.69, 9.17) is 4.74 Å². The number of carbonyl (C=O) groups is 1. The fourth-order valence-corrected chi connectivity index (χ4v) is 4.26. The number of benzene rings is 1. The minimum absolute atomic E-state index is 0.208. The van der Waals surface area contributed by atoms with Crippen molar-refractivity contribution in [1.82, 2.24) is 9.21 Å². The molecule has 0 radical (unpaired) electrons. The predicted octanol–water partition coefficient (Wildman–Crippen LogP) is 1.04. The molecule has 6 nitrogen and oxygen atoms in total. The number of hydrogen-bond acceptors (Lipinski definition) is 4. The molecule has 2 saturated heterocycles. The second-order valence-electron chi connectivity index (χ2n) is 5.36. The summed E-state index contributed by atoms with van der Waals surface area (Å²) in [5.74, 6) is 0. The summed E-state index contributed by atoms with van der Waals surface area (Å²) >= 11 is 0. The molecule has 2 heterocycles. The molecule has 0 atom stereocenters. The molecule has 0 saturated carbocycles. The standard InChI is InChI=1S/C14H18N2O4S/c17-14(20-11-12-5-2-1-3-6-12)15-9-13(10-15)21(18,19)16-7-4-8-16/h1-3,5-6,13H,4,7-11H2. The van der Waals surface area contributed by atoms with Gasteiger partial charge in [-0.15, -0.1) is 0 Å². The average molecular weight is 310 g/mol. The van der Waals surface area contributed by atoms with E-state index in [1.165, 1.54) is 9.21 Å². The van der Waals surface area contributed by atoms with E-state index in [9.17, 15) is 13.2 Å². The highest BCUT2D eigenvalue weighted by Gasteiger charge is 2.44. The Morgan fingerprint density at radius 2 is 1.86 bits per heavy atom. The van der Waals surface area contributed by atoms with Gasteiger partial charge in [0, 0.05) is 26.2 Å². The molecular weight excluding hydrogens is 292 g/mol. The molecule has 0 aliphatic carbocycles. The largest absolute Gasteiger partial charge is 0.445 e. The normalized spacial score (nSPS) is 19.7. The Hall–Kier alpha value is -1.60. The molecule has 3 rings (SSSR count). The predicted molar refractivity (Wildman–Crippen MR) is 77.1 cm³/mol. The van der Waals surface area contributed by atoms with Crippen molar-refractivity contribution >= 4 is 16.1 Å². The van der Waals surface area contributed by atoms with E-state index in [0.29, 0.717) is 13.1 Å². The third kappa shape index (κ3) is 2.89. The number of amides is 1. The zero-order chi connectivity index (χ0) is 14.9. The lowest BCUT2D eigenvalue weighted by atomic mass is 10.2. The fourth-order valence-electron chi connectivity index (χ4n) is 2.34. The van der Waals surface area contributed by atoms with E-state index < -0.39 is 21.4 Å². The van der Waals surface area contributed by atoms with Gasteiger partial charge in [-0.25, -0.2) is 17.5 Å². The second kappa shape index (κ2) is 5.65. The van der Waals surface area contributed by atoms with Gasteiger partial charge < -0.3 is 9.64 Å². The van der Waals surface area contributed by atoms with E-state index in [2.05, 4.69) is 0 Å². The molecule has 2 fully saturated rings. The van der Waals surface area contributed by atoms with Crippen molar-refractivity contribution in [3.63, 3.8) is 0 Å². The number of carbonyl (C=O) groups excluding carboxylic acids is 1. The van der Waals surface area contributed by atoms with Crippen molar-refractivity contribution in [3.05, 3.63) is 35.9 Å². The van der Waals surface area contributed by atoms with E-state index >= 15 is 0 Å². The van der Waals surface area contributed by atoms with Crippen LogP contribution < -0.4 is 0 Å². The van der Waals surface area contributed by atoms with Crippen LogP contribution in [0, 0.1) is 0 Å². The number of rotatable bonds is 4. The maximum Gasteiger partial charge on any atom is 0.410 e. The molecular formula is C14H18N2O4S. The molecule has 2 aliphatic heterocycles. The maximum atomic E-state index is 12.1. The summed E-state index contributed by atoms with van der Waals surface area (Å²) in [6.45, 7) is 1.88. The third-order valence-electron chi connectivity index (χ3n) is 3.91. The van der Waals surface area contributed by atoms with E-state index in [0.717, 1.165) is 12.0 Å². The van der Waals surface area contributed by atoms with Crippen LogP contribution in [-0.4, -0.2) is 55.1 Å². The zero-order valence-electron chi connectivity index (χ0n) is 11.6. The highest BCUT2D eigenvalue weighted by molar-refractivity contribution is 7.89. The van der Waals surface area contributed by atoms with Gasteiger partial charge in [0.15, 0.2) is 0 Å². The summed E-state index contributed by atoms with van der Waals surface area (Å²) in [5, 5.41) is -0.470. The summed E-state index contributed by atoms with van der Waals surface area (Å²) in [7, 11) is -3.22. The minimum atomic E-state index is -3.22. The summed E-state index contributed by atoms with van der Waals surface area (Å²) in [4.78, 5) is 13.3. The van der Waals surface area contributed by atoms with Crippen LogP contribution in [0.2, 0.25) is 0 Å². The topological polar surface area (TPSA) is 66.9 Å². The smallest absolute Gasteiger partial charge is 0.410 e. The maximum absolute atomic E-state index is 12.1. The van der Waals surface area contributed by atoms with Crippen molar-refractivity contribution < 1.29 is 17.9 Å². The summed E-state index contributed by atoms with van der Waals surface area (Å²) < 4.78 is 30.8. The Balaban J connectivity index is 1.46. The van der Waals surface area contributed by atoms with Crippen LogP contribution in [0.25, 0.3) is 0 Å². The molecule has 0 N–H and O–H groups in total. The molecule has 7 heteroatoms. The van der Waals surface area contributed by atoms with Crippen molar-refractivity contribution in [2.45, 2.75) is 18.3 Å². The molecule has 0 unspecified atom stereocenters. The van der Waals surface area contributed by atoms with Gasteiger partial charge in [0.25, 0.3) is 0 Å². The molecule has 0 aromatic heterocycles. The van der Waals surface area contributed by atoms with E-state index in [1.807, 2.05) is 30.3 Å².